The lowest BCUT2D eigenvalue weighted by atomic mass is 10.2. The van der Waals surface area contributed by atoms with E-state index in [2.05, 4.69) is 108 Å². The molecule has 5 rings (SSSR count). The molecule has 5 aromatic rings. The van der Waals surface area contributed by atoms with Crippen LogP contribution >= 0.6 is 7.26 Å². The van der Waals surface area contributed by atoms with Gasteiger partial charge in [0.25, 0.3) is 0 Å². The van der Waals surface area contributed by atoms with Crippen molar-refractivity contribution in [3.05, 3.63) is 128 Å². The fourth-order valence-corrected chi connectivity index (χ4v) is 8.14. The van der Waals surface area contributed by atoms with Gasteiger partial charge in [-0.1, -0.05) is 84.9 Å². The van der Waals surface area contributed by atoms with Crippen LogP contribution in [-0.4, -0.2) is 9.97 Å². The number of H-pyrrole nitrogens is 1. The van der Waals surface area contributed by atoms with E-state index in [0.717, 1.165) is 16.8 Å². The minimum atomic E-state index is -2.12. The topological polar surface area (TPSA) is 28.7 Å². The van der Waals surface area contributed by atoms with Crippen LogP contribution in [0.15, 0.2) is 128 Å². The Balaban J connectivity index is 1.82. The number of aromatic nitrogens is 2. The Morgan fingerprint density at radius 2 is 0.900 bits per heavy atom. The normalized spacial score (nSPS) is 11.3. The number of imidazole rings is 1. The van der Waals surface area contributed by atoms with Gasteiger partial charge in [-0.25, -0.2) is 4.98 Å². The lowest BCUT2D eigenvalue weighted by Gasteiger charge is -2.25. The summed E-state index contributed by atoms with van der Waals surface area (Å²) < 4.78 is 0. The van der Waals surface area contributed by atoms with Crippen molar-refractivity contribution in [3.8, 4) is 11.4 Å². The van der Waals surface area contributed by atoms with Gasteiger partial charge in [-0.3, -0.25) is 0 Å². The largest absolute Gasteiger partial charge is 0.309 e. The first-order valence-electron chi connectivity index (χ1n) is 10.1. The van der Waals surface area contributed by atoms with Crippen LogP contribution in [-0.2, 0) is 0 Å². The third-order valence-corrected chi connectivity index (χ3v) is 9.57. The SMILES string of the molecule is c1ccc(-c2ncc([P+](c3ccccc3)(c3ccccc3)c3ccccc3)[nH]2)cc1. The van der Waals surface area contributed by atoms with E-state index in [0.29, 0.717) is 0 Å². The van der Waals surface area contributed by atoms with Crippen LogP contribution in [0.5, 0.6) is 0 Å². The number of nitrogens with one attached hydrogen (secondary N) is 1. The van der Waals surface area contributed by atoms with Gasteiger partial charge in [0.15, 0.2) is 12.7 Å². The van der Waals surface area contributed by atoms with Crippen LogP contribution in [0.4, 0.5) is 0 Å². The highest BCUT2D eigenvalue weighted by Gasteiger charge is 2.49. The summed E-state index contributed by atoms with van der Waals surface area (Å²) in [7, 11) is -2.12. The van der Waals surface area contributed by atoms with Gasteiger partial charge in [0.05, 0.1) is 6.20 Å². The smallest absolute Gasteiger partial charge is 0.196 e. The predicted molar refractivity (Wildman–Crippen MR) is 129 cm³/mol. The Morgan fingerprint density at radius 3 is 1.33 bits per heavy atom. The summed E-state index contributed by atoms with van der Waals surface area (Å²) in [5.41, 5.74) is 2.25. The Labute approximate surface area is 177 Å². The minimum Gasteiger partial charge on any atom is -0.309 e. The number of hydrogen-bond acceptors (Lipinski definition) is 1. The van der Waals surface area contributed by atoms with Gasteiger partial charge in [0.1, 0.15) is 21.7 Å². The van der Waals surface area contributed by atoms with E-state index in [-0.39, 0.29) is 0 Å². The highest BCUT2D eigenvalue weighted by Crippen LogP contribution is 2.53. The standard InChI is InChI=1S/C27H22N2P/c1-5-13-22(14-6-1)27-28-21-26(29-27)30(23-15-7-2-8-16-23,24-17-9-3-10-18-24)25-19-11-4-12-20-25/h1-21H,(H,28,29)/q+1. The molecule has 0 amide bonds. The lowest BCUT2D eigenvalue weighted by Crippen LogP contribution is -2.39. The zero-order valence-electron chi connectivity index (χ0n) is 16.5. The molecule has 0 spiro atoms. The summed E-state index contributed by atoms with van der Waals surface area (Å²) in [4.78, 5) is 8.51. The molecule has 0 saturated heterocycles. The maximum atomic E-state index is 4.80. The summed E-state index contributed by atoms with van der Waals surface area (Å²) in [6.07, 6.45) is 2.03. The molecule has 3 heteroatoms. The summed E-state index contributed by atoms with van der Waals surface area (Å²) >= 11 is 0. The van der Waals surface area contributed by atoms with Crippen molar-refractivity contribution in [3.63, 3.8) is 0 Å². The maximum absolute atomic E-state index is 4.80. The molecule has 1 heterocycles. The summed E-state index contributed by atoms with van der Waals surface area (Å²) in [6.45, 7) is 0. The van der Waals surface area contributed by atoms with Crippen LogP contribution in [0.2, 0.25) is 0 Å². The van der Waals surface area contributed by atoms with E-state index in [4.69, 9.17) is 4.98 Å². The first-order chi connectivity index (χ1) is 14.9. The summed E-state index contributed by atoms with van der Waals surface area (Å²) in [5, 5.41) is 3.93. The molecule has 144 valence electrons. The van der Waals surface area contributed by atoms with E-state index in [1.165, 1.54) is 15.9 Å². The number of rotatable bonds is 5. The van der Waals surface area contributed by atoms with Crippen LogP contribution in [0.25, 0.3) is 11.4 Å². The van der Waals surface area contributed by atoms with Crippen molar-refractivity contribution in [2.24, 2.45) is 0 Å². The average Bonchev–Trinajstić information content (AvgIpc) is 3.33. The molecule has 0 radical (unpaired) electrons. The monoisotopic (exact) mass is 405 g/mol. The van der Waals surface area contributed by atoms with Gasteiger partial charge in [0, 0.05) is 5.56 Å². The molecule has 0 fully saturated rings. The van der Waals surface area contributed by atoms with Crippen molar-refractivity contribution >= 4 is 28.6 Å². The van der Waals surface area contributed by atoms with Gasteiger partial charge in [-0.05, 0) is 36.4 Å². The molecular formula is C27H22N2P+. The van der Waals surface area contributed by atoms with Gasteiger partial charge in [-0.15, -0.1) is 0 Å². The first-order valence-corrected chi connectivity index (χ1v) is 11.8. The van der Waals surface area contributed by atoms with E-state index in [9.17, 15) is 0 Å². The van der Waals surface area contributed by atoms with E-state index in [1.54, 1.807) is 0 Å². The molecule has 0 unspecified atom stereocenters. The molecular weight excluding hydrogens is 383 g/mol. The molecule has 1 aromatic heterocycles. The number of hydrogen-bond donors (Lipinski definition) is 1. The third-order valence-electron chi connectivity index (χ3n) is 5.40. The minimum absolute atomic E-state index is 0.901. The average molecular weight is 405 g/mol. The van der Waals surface area contributed by atoms with Crippen molar-refractivity contribution in [2.75, 3.05) is 0 Å². The second kappa shape index (κ2) is 8.10. The second-order valence-corrected chi connectivity index (χ2v) is 10.5. The molecule has 0 bridgehead atoms. The van der Waals surface area contributed by atoms with Gasteiger partial charge < -0.3 is 4.98 Å². The molecule has 0 atom stereocenters. The van der Waals surface area contributed by atoms with Crippen molar-refractivity contribution < 1.29 is 0 Å². The Kier molecular flexibility index (Phi) is 5.01. The third kappa shape index (κ3) is 3.16. The predicted octanol–water partition coefficient (Wildman–Crippen LogP) is 4.70. The summed E-state index contributed by atoms with van der Waals surface area (Å²) in [6, 6.07) is 42.8. The molecule has 4 aromatic carbocycles. The molecule has 0 aliphatic heterocycles. The summed E-state index contributed by atoms with van der Waals surface area (Å²) in [5.74, 6) is 0.901. The van der Waals surface area contributed by atoms with Crippen molar-refractivity contribution in [1.29, 1.82) is 0 Å². The van der Waals surface area contributed by atoms with Crippen molar-refractivity contribution in [2.45, 2.75) is 0 Å². The van der Waals surface area contributed by atoms with Gasteiger partial charge in [-0.2, -0.15) is 0 Å². The molecule has 30 heavy (non-hydrogen) atoms. The number of benzene rings is 4. The lowest BCUT2D eigenvalue weighted by molar-refractivity contribution is 1.32. The fourth-order valence-electron chi connectivity index (χ4n) is 4.04. The Bertz CT molecular complexity index is 1120. The first kappa shape index (κ1) is 18.5. The maximum Gasteiger partial charge on any atom is 0.196 e. The number of nitrogens with zero attached hydrogens (tertiary/aromatic N) is 1. The van der Waals surface area contributed by atoms with Crippen LogP contribution in [0.3, 0.4) is 0 Å². The van der Waals surface area contributed by atoms with Gasteiger partial charge in [0.2, 0.25) is 0 Å². The Hall–Kier alpha value is -3.48. The zero-order chi connectivity index (χ0) is 20.2. The Morgan fingerprint density at radius 1 is 0.500 bits per heavy atom. The zero-order valence-corrected chi connectivity index (χ0v) is 17.4. The highest BCUT2D eigenvalue weighted by atomic mass is 31.2. The van der Waals surface area contributed by atoms with Crippen LogP contribution in [0.1, 0.15) is 0 Å². The second-order valence-electron chi connectivity index (χ2n) is 7.16. The van der Waals surface area contributed by atoms with E-state index >= 15 is 0 Å². The molecule has 0 saturated carbocycles. The van der Waals surface area contributed by atoms with Crippen LogP contribution < -0.4 is 21.3 Å². The van der Waals surface area contributed by atoms with Crippen LogP contribution in [0, 0.1) is 0 Å². The van der Waals surface area contributed by atoms with Gasteiger partial charge >= 0.3 is 0 Å². The number of aromatic amines is 1. The fraction of sp³-hybridized carbons (Fsp3) is 0. The van der Waals surface area contributed by atoms with E-state index < -0.39 is 7.26 Å². The molecule has 0 aliphatic rings. The molecule has 2 nitrogen and oxygen atoms in total. The van der Waals surface area contributed by atoms with Crippen molar-refractivity contribution in [1.82, 2.24) is 9.97 Å². The highest BCUT2D eigenvalue weighted by molar-refractivity contribution is 8.01. The molecule has 1 N–H and O–H groups in total. The molecule has 0 aliphatic carbocycles. The quantitative estimate of drug-likeness (QED) is 0.422. The van der Waals surface area contributed by atoms with E-state index in [1.807, 2.05) is 24.4 Å².